The topological polar surface area (TPSA) is 54.4 Å². The van der Waals surface area contributed by atoms with Crippen LogP contribution in [0.5, 0.6) is 0 Å². The van der Waals surface area contributed by atoms with Gasteiger partial charge in [0.05, 0.1) is 5.56 Å². The second kappa shape index (κ2) is 3.83. The smallest absolute Gasteiger partial charge is 0.339 e. The third-order valence-electron chi connectivity index (χ3n) is 1.53. The molecule has 6 heteroatoms. The average molecular weight is 265 g/mol. The Hall–Kier alpha value is -1.30. The number of aromatic carboxylic acids is 1. The van der Waals surface area contributed by atoms with E-state index in [1.54, 1.807) is 0 Å². The first-order valence-electron chi connectivity index (χ1n) is 3.35. The molecule has 1 N–H and O–H groups in total. The number of aldehydes is 1. The van der Waals surface area contributed by atoms with Gasteiger partial charge in [-0.3, -0.25) is 4.79 Å². The summed E-state index contributed by atoms with van der Waals surface area (Å²) >= 11 is 2.73. The minimum absolute atomic E-state index is 0.106. The summed E-state index contributed by atoms with van der Waals surface area (Å²) in [6.45, 7) is 0. The third-order valence-corrected chi connectivity index (χ3v) is 2.15. The highest BCUT2D eigenvalue weighted by atomic mass is 79.9. The first kappa shape index (κ1) is 10.8. The van der Waals surface area contributed by atoms with Crippen LogP contribution in [0.3, 0.4) is 0 Å². The molecule has 0 spiro atoms. The summed E-state index contributed by atoms with van der Waals surface area (Å²) in [5.41, 5.74) is -1.35. The minimum atomic E-state index is -1.61. The summed E-state index contributed by atoms with van der Waals surface area (Å²) in [6.07, 6.45) is 0.106. The Kier molecular flexibility index (Phi) is 2.95. The highest BCUT2D eigenvalue weighted by Gasteiger charge is 2.21. The number of carbonyl (C=O) groups is 2. The fraction of sp³-hybridized carbons (Fsp3) is 0. The van der Waals surface area contributed by atoms with Crippen molar-refractivity contribution in [1.29, 1.82) is 0 Å². The predicted octanol–water partition coefficient (Wildman–Crippen LogP) is 2.24. The molecular formula is C8H3BrF2O3. The van der Waals surface area contributed by atoms with Gasteiger partial charge in [-0.1, -0.05) is 0 Å². The molecule has 0 aliphatic heterocycles. The van der Waals surface area contributed by atoms with Gasteiger partial charge in [0.15, 0.2) is 17.9 Å². The lowest BCUT2D eigenvalue weighted by Gasteiger charge is -2.03. The molecule has 74 valence electrons. The molecule has 1 rings (SSSR count). The van der Waals surface area contributed by atoms with Crippen molar-refractivity contribution < 1.29 is 23.5 Å². The third kappa shape index (κ3) is 1.65. The molecule has 3 nitrogen and oxygen atoms in total. The molecule has 0 aliphatic rings. The maximum Gasteiger partial charge on any atom is 0.339 e. The zero-order chi connectivity index (χ0) is 10.9. The summed E-state index contributed by atoms with van der Waals surface area (Å²) in [7, 11) is 0. The standard InChI is InChI=1S/C8H3BrF2O3/c9-4-1-3(2-12)6(10)7(11)5(4)8(13)14/h1-2H,(H,13,14). The number of rotatable bonds is 2. The van der Waals surface area contributed by atoms with Crippen molar-refractivity contribution in [3.63, 3.8) is 0 Å². The van der Waals surface area contributed by atoms with Gasteiger partial charge in [-0.25, -0.2) is 13.6 Å². The number of halogens is 3. The quantitative estimate of drug-likeness (QED) is 0.659. The van der Waals surface area contributed by atoms with Crippen molar-refractivity contribution in [2.45, 2.75) is 0 Å². The van der Waals surface area contributed by atoms with E-state index >= 15 is 0 Å². The van der Waals surface area contributed by atoms with E-state index in [1.165, 1.54) is 0 Å². The normalized spacial score (nSPS) is 9.93. The first-order chi connectivity index (χ1) is 6.49. The lowest BCUT2D eigenvalue weighted by molar-refractivity contribution is 0.0689. The largest absolute Gasteiger partial charge is 0.478 e. The molecule has 0 unspecified atom stereocenters. The molecule has 0 saturated carbocycles. The van der Waals surface area contributed by atoms with E-state index in [4.69, 9.17) is 5.11 Å². The Balaban J connectivity index is 3.56. The van der Waals surface area contributed by atoms with E-state index in [0.29, 0.717) is 0 Å². The minimum Gasteiger partial charge on any atom is -0.478 e. The average Bonchev–Trinajstić information content (AvgIpc) is 2.10. The zero-order valence-corrected chi connectivity index (χ0v) is 8.14. The van der Waals surface area contributed by atoms with Crippen molar-refractivity contribution >= 4 is 28.2 Å². The summed E-state index contributed by atoms with van der Waals surface area (Å²) < 4.78 is 25.8. The van der Waals surface area contributed by atoms with Gasteiger partial charge in [-0.2, -0.15) is 0 Å². The Morgan fingerprint density at radius 2 is 2.00 bits per heavy atom. The first-order valence-corrected chi connectivity index (χ1v) is 4.14. The molecule has 0 atom stereocenters. The second-order valence-electron chi connectivity index (χ2n) is 2.37. The summed E-state index contributed by atoms with van der Waals surface area (Å²) in [5.74, 6) is -4.61. The van der Waals surface area contributed by atoms with Crippen LogP contribution < -0.4 is 0 Å². The summed E-state index contributed by atoms with van der Waals surface area (Å²) in [4.78, 5) is 20.7. The predicted molar refractivity (Wildman–Crippen MR) is 46.4 cm³/mol. The zero-order valence-electron chi connectivity index (χ0n) is 6.55. The Bertz CT molecular complexity index is 418. The molecule has 0 amide bonds. The van der Waals surface area contributed by atoms with E-state index in [-0.39, 0.29) is 10.8 Å². The number of hydrogen-bond donors (Lipinski definition) is 1. The van der Waals surface area contributed by atoms with Crippen LogP contribution in [0.15, 0.2) is 10.5 Å². The SMILES string of the molecule is O=Cc1cc(Br)c(C(=O)O)c(F)c1F. The van der Waals surface area contributed by atoms with E-state index in [0.717, 1.165) is 6.07 Å². The van der Waals surface area contributed by atoms with Crippen molar-refractivity contribution in [2.24, 2.45) is 0 Å². The molecule has 14 heavy (non-hydrogen) atoms. The van der Waals surface area contributed by atoms with Gasteiger partial charge in [-0.15, -0.1) is 0 Å². The van der Waals surface area contributed by atoms with Crippen LogP contribution in [0.2, 0.25) is 0 Å². The van der Waals surface area contributed by atoms with Crippen LogP contribution in [0, 0.1) is 11.6 Å². The number of carbonyl (C=O) groups excluding carboxylic acids is 1. The van der Waals surface area contributed by atoms with Gasteiger partial charge >= 0.3 is 5.97 Å². The van der Waals surface area contributed by atoms with Gasteiger partial charge in [0.25, 0.3) is 0 Å². The molecule has 0 saturated heterocycles. The lowest BCUT2D eigenvalue weighted by Crippen LogP contribution is -2.06. The number of carboxylic acid groups (broad SMARTS) is 1. The van der Waals surface area contributed by atoms with Crippen LogP contribution in [-0.4, -0.2) is 17.4 Å². The van der Waals surface area contributed by atoms with E-state index in [2.05, 4.69) is 15.9 Å². The monoisotopic (exact) mass is 264 g/mol. The van der Waals surface area contributed by atoms with Crippen LogP contribution in [-0.2, 0) is 0 Å². The number of hydrogen-bond acceptors (Lipinski definition) is 2. The molecule has 1 aromatic rings. The van der Waals surface area contributed by atoms with Crippen molar-refractivity contribution in [2.75, 3.05) is 0 Å². The van der Waals surface area contributed by atoms with Crippen LogP contribution in [0.25, 0.3) is 0 Å². The summed E-state index contributed by atoms with van der Waals surface area (Å²) in [5, 5.41) is 8.51. The molecule has 0 aliphatic carbocycles. The van der Waals surface area contributed by atoms with Crippen LogP contribution in [0.1, 0.15) is 20.7 Å². The van der Waals surface area contributed by atoms with Gasteiger partial charge in [0, 0.05) is 4.47 Å². The van der Waals surface area contributed by atoms with E-state index < -0.39 is 28.7 Å². The van der Waals surface area contributed by atoms with E-state index in [1.807, 2.05) is 0 Å². The maximum atomic E-state index is 13.0. The Labute approximate surface area is 85.5 Å². The fourth-order valence-corrected chi connectivity index (χ4v) is 1.49. The molecule has 0 bridgehead atoms. The summed E-state index contributed by atoms with van der Waals surface area (Å²) in [6, 6.07) is 0.912. The Morgan fingerprint density at radius 1 is 1.43 bits per heavy atom. The molecule has 1 aromatic carbocycles. The molecule has 0 aromatic heterocycles. The van der Waals surface area contributed by atoms with Gasteiger partial charge in [-0.05, 0) is 22.0 Å². The second-order valence-corrected chi connectivity index (χ2v) is 3.23. The highest BCUT2D eigenvalue weighted by Crippen LogP contribution is 2.24. The van der Waals surface area contributed by atoms with Gasteiger partial charge in [0.2, 0.25) is 0 Å². The number of carboxylic acids is 1. The van der Waals surface area contributed by atoms with Crippen LogP contribution in [0.4, 0.5) is 8.78 Å². The molecule has 0 fully saturated rings. The molecular weight excluding hydrogens is 262 g/mol. The van der Waals surface area contributed by atoms with Crippen molar-refractivity contribution in [1.82, 2.24) is 0 Å². The fourth-order valence-electron chi connectivity index (χ4n) is 0.895. The highest BCUT2D eigenvalue weighted by molar-refractivity contribution is 9.10. The number of benzene rings is 1. The Morgan fingerprint density at radius 3 is 2.43 bits per heavy atom. The molecule has 0 heterocycles. The lowest BCUT2D eigenvalue weighted by atomic mass is 10.1. The van der Waals surface area contributed by atoms with Crippen molar-refractivity contribution in [3.05, 3.63) is 33.3 Å². The molecule has 0 radical (unpaired) electrons. The maximum absolute atomic E-state index is 13.0. The van der Waals surface area contributed by atoms with Crippen LogP contribution >= 0.6 is 15.9 Å². The van der Waals surface area contributed by atoms with Gasteiger partial charge in [0.1, 0.15) is 5.56 Å². The van der Waals surface area contributed by atoms with Crippen molar-refractivity contribution in [3.8, 4) is 0 Å². The van der Waals surface area contributed by atoms with E-state index in [9.17, 15) is 18.4 Å². The van der Waals surface area contributed by atoms with Gasteiger partial charge < -0.3 is 5.11 Å².